The third-order valence-corrected chi connectivity index (χ3v) is 3.06. The lowest BCUT2D eigenvalue weighted by atomic mass is 10.1. The van der Waals surface area contributed by atoms with Gasteiger partial charge in [0.05, 0.1) is 12.8 Å². The van der Waals surface area contributed by atoms with Crippen molar-refractivity contribution >= 4 is 17.6 Å². The van der Waals surface area contributed by atoms with Crippen LogP contribution in [0, 0.1) is 5.92 Å². The van der Waals surface area contributed by atoms with Gasteiger partial charge in [0.1, 0.15) is 0 Å². The van der Waals surface area contributed by atoms with Crippen molar-refractivity contribution in [3.8, 4) is 0 Å². The van der Waals surface area contributed by atoms with Gasteiger partial charge in [-0.3, -0.25) is 4.79 Å². The number of aromatic nitrogens is 1. The number of methoxy groups -OCH3 is 1. The predicted octanol–water partition coefficient (Wildman–Crippen LogP) is 1.53. The van der Waals surface area contributed by atoms with Gasteiger partial charge in [0.25, 0.3) is 0 Å². The van der Waals surface area contributed by atoms with Crippen LogP contribution in [0.5, 0.6) is 0 Å². The van der Waals surface area contributed by atoms with Gasteiger partial charge in [-0.25, -0.2) is 9.78 Å². The number of anilines is 1. The van der Waals surface area contributed by atoms with Crippen LogP contribution in [-0.2, 0) is 9.53 Å². The minimum absolute atomic E-state index is 0.0518. The first-order valence-electron chi connectivity index (χ1n) is 6.02. The largest absolute Gasteiger partial charge is 0.464 e. The second kappa shape index (κ2) is 6.03. The molecule has 0 N–H and O–H groups in total. The Labute approximate surface area is 115 Å². The van der Waals surface area contributed by atoms with Gasteiger partial charge in [0.15, 0.2) is 5.69 Å². The van der Waals surface area contributed by atoms with Gasteiger partial charge in [-0.15, -0.1) is 0 Å². The monoisotopic (exact) mass is 275 g/mol. The van der Waals surface area contributed by atoms with Gasteiger partial charge in [0.2, 0.25) is 5.91 Å². The van der Waals surface area contributed by atoms with Crippen LogP contribution in [0.3, 0.4) is 0 Å². The van der Waals surface area contributed by atoms with E-state index < -0.39 is 5.97 Å². The Balaban J connectivity index is 2.26. The number of nitrogens with zero attached hydrogens (tertiary/aromatic N) is 5. The van der Waals surface area contributed by atoms with Crippen molar-refractivity contribution in [1.29, 1.82) is 0 Å². The molecule has 1 aromatic heterocycles. The van der Waals surface area contributed by atoms with E-state index in [9.17, 15) is 9.59 Å². The van der Waals surface area contributed by atoms with Crippen molar-refractivity contribution in [2.45, 2.75) is 6.42 Å². The number of hydrogen-bond acceptors (Lipinski definition) is 5. The minimum Gasteiger partial charge on any atom is -0.464 e. The van der Waals surface area contributed by atoms with Crippen LogP contribution >= 0.6 is 0 Å². The fraction of sp³-hybridized carbons (Fsp3) is 0.417. The number of carbonyl (C=O) groups is 2. The van der Waals surface area contributed by atoms with Crippen molar-refractivity contribution in [2.75, 3.05) is 25.1 Å². The van der Waals surface area contributed by atoms with Crippen molar-refractivity contribution in [3.05, 3.63) is 34.5 Å². The average Bonchev–Trinajstić information content (AvgIpc) is 2.85. The van der Waals surface area contributed by atoms with Crippen molar-refractivity contribution in [2.24, 2.45) is 11.0 Å². The lowest BCUT2D eigenvalue weighted by Crippen LogP contribution is -2.27. The van der Waals surface area contributed by atoms with Gasteiger partial charge in [0, 0.05) is 30.6 Å². The molecule has 1 aromatic rings. The van der Waals surface area contributed by atoms with E-state index in [1.54, 1.807) is 12.1 Å². The second-order valence-corrected chi connectivity index (χ2v) is 4.35. The summed E-state index contributed by atoms with van der Waals surface area (Å²) in [7, 11) is 1.26. The van der Waals surface area contributed by atoms with E-state index in [-0.39, 0.29) is 30.5 Å². The van der Waals surface area contributed by atoms with E-state index in [2.05, 4.69) is 19.7 Å². The summed E-state index contributed by atoms with van der Waals surface area (Å²) in [4.78, 5) is 31.8. The fourth-order valence-corrected chi connectivity index (χ4v) is 2.16. The summed E-state index contributed by atoms with van der Waals surface area (Å²) < 4.78 is 4.66. The Kier molecular flexibility index (Phi) is 4.17. The van der Waals surface area contributed by atoms with Gasteiger partial charge in [-0.05, 0) is 23.6 Å². The van der Waals surface area contributed by atoms with E-state index >= 15 is 0 Å². The second-order valence-electron chi connectivity index (χ2n) is 4.35. The SMILES string of the molecule is COC(=O)c1ncccc1N1CC(CN=[N+]=[N-])CC1=O. The highest BCUT2D eigenvalue weighted by Gasteiger charge is 2.32. The quantitative estimate of drug-likeness (QED) is 0.359. The number of amides is 1. The molecule has 0 spiro atoms. The smallest absolute Gasteiger partial charge is 0.358 e. The average molecular weight is 275 g/mol. The van der Waals surface area contributed by atoms with Crippen molar-refractivity contribution in [1.82, 2.24) is 4.98 Å². The Morgan fingerprint density at radius 3 is 3.20 bits per heavy atom. The van der Waals surface area contributed by atoms with E-state index in [0.29, 0.717) is 12.2 Å². The maximum atomic E-state index is 12.0. The summed E-state index contributed by atoms with van der Waals surface area (Å²) in [5.41, 5.74) is 8.84. The number of pyridine rings is 1. The summed E-state index contributed by atoms with van der Waals surface area (Å²) in [6, 6.07) is 3.29. The third kappa shape index (κ3) is 2.70. The molecule has 1 atom stereocenters. The first-order valence-corrected chi connectivity index (χ1v) is 6.02. The minimum atomic E-state index is -0.591. The molecule has 1 aliphatic rings. The molecule has 2 heterocycles. The first-order chi connectivity index (χ1) is 9.67. The molecule has 1 saturated heterocycles. The Hall–Kier alpha value is -2.60. The van der Waals surface area contributed by atoms with Crippen molar-refractivity contribution < 1.29 is 14.3 Å². The van der Waals surface area contributed by atoms with Crippen LogP contribution in [-0.4, -0.2) is 37.1 Å². The molecule has 0 bridgehead atoms. The van der Waals surface area contributed by atoms with E-state index in [0.717, 1.165) is 0 Å². The zero-order valence-corrected chi connectivity index (χ0v) is 10.9. The van der Waals surface area contributed by atoms with E-state index in [1.165, 1.54) is 18.2 Å². The summed E-state index contributed by atoms with van der Waals surface area (Å²) in [6.45, 7) is 0.653. The van der Waals surface area contributed by atoms with Crippen LogP contribution in [0.15, 0.2) is 23.4 Å². The topological polar surface area (TPSA) is 108 Å². The zero-order valence-electron chi connectivity index (χ0n) is 10.9. The number of carbonyl (C=O) groups excluding carboxylic acids is 2. The maximum absolute atomic E-state index is 12.0. The molecule has 0 aromatic carbocycles. The number of hydrogen-bond donors (Lipinski definition) is 0. The van der Waals surface area contributed by atoms with Crippen LogP contribution in [0.2, 0.25) is 0 Å². The highest BCUT2D eigenvalue weighted by Crippen LogP contribution is 2.27. The lowest BCUT2D eigenvalue weighted by Gasteiger charge is -2.18. The van der Waals surface area contributed by atoms with Gasteiger partial charge < -0.3 is 9.64 Å². The summed E-state index contributed by atoms with van der Waals surface area (Å²) >= 11 is 0. The molecule has 104 valence electrons. The normalized spacial score (nSPS) is 17.8. The fourth-order valence-electron chi connectivity index (χ4n) is 2.16. The van der Waals surface area contributed by atoms with Crippen molar-refractivity contribution in [3.63, 3.8) is 0 Å². The molecule has 2 rings (SSSR count). The predicted molar refractivity (Wildman–Crippen MR) is 70.0 cm³/mol. The molecule has 1 fully saturated rings. The standard InChI is InChI=1S/C12H13N5O3/c1-20-12(19)11-9(3-2-4-14-11)17-7-8(5-10(17)18)6-15-16-13/h2-4,8H,5-7H2,1H3. The Morgan fingerprint density at radius 2 is 2.50 bits per heavy atom. The summed E-state index contributed by atoms with van der Waals surface area (Å²) in [5, 5.41) is 3.48. The zero-order chi connectivity index (χ0) is 14.5. The van der Waals surface area contributed by atoms with Gasteiger partial charge in [-0.2, -0.15) is 0 Å². The molecule has 8 nitrogen and oxygen atoms in total. The van der Waals surface area contributed by atoms with Crippen LogP contribution in [0.4, 0.5) is 5.69 Å². The molecule has 1 aliphatic heterocycles. The van der Waals surface area contributed by atoms with E-state index in [1.807, 2.05) is 0 Å². The Morgan fingerprint density at radius 1 is 1.70 bits per heavy atom. The third-order valence-electron chi connectivity index (χ3n) is 3.06. The van der Waals surface area contributed by atoms with Gasteiger partial charge >= 0.3 is 5.97 Å². The highest BCUT2D eigenvalue weighted by atomic mass is 16.5. The molecule has 20 heavy (non-hydrogen) atoms. The molecular weight excluding hydrogens is 262 g/mol. The molecule has 1 unspecified atom stereocenters. The molecule has 1 amide bonds. The molecule has 0 radical (unpaired) electrons. The van der Waals surface area contributed by atoms with Gasteiger partial charge in [-0.1, -0.05) is 5.11 Å². The molecule has 0 saturated carbocycles. The lowest BCUT2D eigenvalue weighted by molar-refractivity contribution is -0.117. The molecule has 0 aliphatic carbocycles. The molecule has 8 heteroatoms. The van der Waals surface area contributed by atoms with Crippen LogP contribution < -0.4 is 4.90 Å². The number of esters is 1. The number of rotatable bonds is 4. The number of azide groups is 1. The van der Waals surface area contributed by atoms with Crippen LogP contribution in [0.25, 0.3) is 10.4 Å². The summed E-state index contributed by atoms with van der Waals surface area (Å²) in [5.74, 6) is -0.766. The number of ether oxygens (including phenoxy) is 1. The maximum Gasteiger partial charge on any atom is 0.358 e. The van der Waals surface area contributed by atoms with Crippen LogP contribution in [0.1, 0.15) is 16.9 Å². The summed E-state index contributed by atoms with van der Waals surface area (Å²) in [6.07, 6.45) is 1.75. The Bertz CT molecular complexity index is 582. The first kappa shape index (κ1) is 13.8. The van der Waals surface area contributed by atoms with E-state index in [4.69, 9.17) is 5.53 Å². The molecular formula is C12H13N5O3. The highest BCUT2D eigenvalue weighted by molar-refractivity contribution is 6.02.